The van der Waals surface area contributed by atoms with E-state index in [0.29, 0.717) is 43.4 Å². The number of nitrogens with one attached hydrogen (secondary N) is 2. The fourth-order valence-corrected chi connectivity index (χ4v) is 10.4. The smallest absolute Gasteiger partial charge is 0.408 e. The number of benzene rings is 1. The molecule has 2 saturated heterocycles. The van der Waals surface area contributed by atoms with E-state index < -0.39 is 86.4 Å². The van der Waals surface area contributed by atoms with Crippen molar-refractivity contribution in [2.45, 2.75) is 106 Å². The number of fused-ring (bicyclic) bond motifs is 3. The third-order valence-corrected chi connectivity index (χ3v) is 14.8. The van der Waals surface area contributed by atoms with Crippen LogP contribution in [0.4, 0.5) is 9.18 Å². The maximum absolute atomic E-state index is 15.2. The molecule has 310 valence electrons. The Hall–Kier alpha value is -4.51. The summed E-state index contributed by atoms with van der Waals surface area (Å²) in [5.41, 5.74) is -2.71. The third-order valence-electron chi connectivity index (χ3n) is 12.7. The van der Waals surface area contributed by atoms with Crippen molar-refractivity contribution >= 4 is 44.6 Å². The highest BCUT2D eigenvalue weighted by Gasteiger charge is 2.64. The molecule has 4 fully saturated rings. The molecule has 3 N–H and O–H groups in total. The predicted octanol–water partition coefficient (Wildman–Crippen LogP) is 3.95. The highest BCUT2D eigenvalue weighted by Crippen LogP contribution is 2.48. The predicted molar refractivity (Wildman–Crippen MR) is 206 cm³/mol. The molecule has 2 aliphatic carbocycles. The number of halogens is 1. The highest BCUT2D eigenvalue weighted by atomic mass is 32.2. The van der Waals surface area contributed by atoms with E-state index in [2.05, 4.69) is 15.0 Å². The average Bonchev–Trinajstić information content (AvgIpc) is 4.02. The van der Waals surface area contributed by atoms with Crippen molar-refractivity contribution < 1.29 is 51.3 Å². The zero-order valence-corrected chi connectivity index (χ0v) is 33.6. The van der Waals surface area contributed by atoms with Crippen LogP contribution in [0.3, 0.4) is 0 Å². The lowest BCUT2D eigenvalue weighted by atomic mass is 9.84. The summed E-state index contributed by atoms with van der Waals surface area (Å²) in [6.07, 6.45) is 5.45. The average molecular weight is 814 g/mol. The largest absolute Gasteiger partial charge is 0.494 e. The molecule has 3 aliphatic heterocycles. The quantitative estimate of drug-likeness (QED) is 0.311. The van der Waals surface area contributed by atoms with E-state index in [9.17, 15) is 32.3 Å². The second kappa shape index (κ2) is 15.3. The molecule has 8 atom stereocenters. The number of hydrogen-bond acceptors (Lipinski definition) is 10. The van der Waals surface area contributed by atoms with Gasteiger partial charge in [-0.15, -0.1) is 0 Å². The molecule has 0 spiro atoms. The lowest BCUT2D eigenvalue weighted by Gasteiger charge is -2.44. The van der Waals surface area contributed by atoms with Gasteiger partial charge in [0.2, 0.25) is 27.7 Å². The first kappa shape index (κ1) is 40.7. The van der Waals surface area contributed by atoms with E-state index in [1.807, 2.05) is 44.2 Å². The van der Waals surface area contributed by atoms with Gasteiger partial charge in [-0.05, 0) is 69.8 Å². The van der Waals surface area contributed by atoms with Gasteiger partial charge in [-0.25, -0.2) is 22.6 Å². The van der Waals surface area contributed by atoms with Crippen LogP contribution in [0.25, 0.3) is 10.8 Å². The van der Waals surface area contributed by atoms with Crippen LogP contribution in [0, 0.1) is 17.8 Å². The fourth-order valence-electron chi connectivity index (χ4n) is 8.98. The number of alkyl halides is 1. The van der Waals surface area contributed by atoms with Crippen molar-refractivity contribution in [1.82, 2.24) is 24.8 Å². The first-order valence-electron chi connectivity index (χ1n) is 19.7. The van der Waals surface area contributed by atoms with Crippen molar-refractivity contribution in [3.05, 3.63) is 42.6 Å². The number of carboxylic acid groups (broad SMARTS) is 1. The number of aromatic nitrogens is 1. The third kappa shape index (κ3) is 7.52. The van der Waals surface area contributed by atoms with Gasteiger partial charge in [-0.3, -0.25) is 24.0 Å². The number of carbonyl (C=O) groups is 4. The number of hydrogen-bond donors (Lipinski definition) is 3. The molecule has 17 heteroatoms. The lowest BCUT2D eigenvalue weighted by molar-refractivity contribution is -0.146. The van der Waals surface area contributed by atoms with Crippen molar-refractivity contribution in [2.24, 2.45) is 17.8 Å². The molecule has 0 radical (unpaired) electrons. The van der Waals surface area contributed by atoms with Crippen LogP contribution in [0.15, 0.2) is 42.6 Å². The van der Waals surface area contributed by atoms with Gasteiger partial charge in [0.25, 0.3) is 5.91 Å². The zero-order chi connectivity index (χ0) is 40.9. The van der Waals surface area contributed by atoms with Gasteiger partial charge in [-0.2, -0.15) is 0 Å². The molecule has 4 amide bonds. The SMILES string of the molecule is COc1cnc(O[C@@H]2C[C@H]3C(=O)N[C@]4(C(=O)NS(=O)(=O)C5(CF)CC5)C[C@H]4C=CCC[C@@H](C)C[C@@H](C)[C@H](N(C(=O)O)C4(C)CCOC4)C(=O)N3C2)c2ccccc12. The number of nitrogens with zero attached hydrogens (tertiary/aromatic N) is 3. The topological polar surface area (TPSA) is 194 Å². The first-order chi connectivity index (χ1) is 27.1. The van der Waals surface area contributed by atoms with Gasteiger partial charge in [0, 0.05) is 29.7 Å². The normalized spacial score (nSPS) is 32.6. The van der Waals surface area contributed by atoms with Gasteiger partial charge < -0.3 is 29.5 Å². The van der Waals surface area contributed by atoms with Gasteiger partial charge in [0.05, 0.1) is 32.0 Å². The number of pyridine rings is 1. The second-order valence-electron chi connectivity index (χ2n) is 16.9. The summed E-state index contributed by atoms with van der Waals surface area (Å²) in [6.45, 7) is 4.80. The summed E-state index contributed by atoms with van der Waals surface area (Å²) in [5.74, 6) is -2.53. The molecule has 2 saturated carbocycles. The minimum absolute atomic E-state index is 0.0496. The monoisotopic (exact) mass is 813 g/mol. The Morgan fingerprint density at radius 2 is 1.89 bits per heavy atom. The Morgan fingerprint density at radius 1 is 1.16 bits per heavy atom. The lowest BCUT2D eigenvalue weighted by Crippen LogP contribution is -2.64. The minimum Gasteiger partial charge on any atom is -0.494 e. The number of ether oxygens (including phenoxy) is 3. The van der Waals surface area contributed by atoms with Crippen LogP contribution in [0.2, 0.25) is 0 Å². The number of rotatable bonds is 9. The van der Waals surface area contributed by atoms with Crippen LogP contribution in [0.1, 0.15) is 72.1 Å². The molecule has 2 aromatic rings. The second-order valence-corrected chi connectivity index (χ2v) is 19.0. The van der Waals surface area contributed by atoms with Gasteiger partial charge in [0.15, 0.2) is 0 Å². The van der Waals surface area contributed by atoms with Crippen molar-refractivity contribution in [3.63, 3.8) is 0 Å². The van der Waals surface area contributed by atoms with E-state index in [1.165, 1.54) is 23.1 Å². The van der Waals surface area contributed by atoms with Crippen LogP contribution >= 0.6 is 0 Å². The molecule has 1 aromatic heterocycles. The number of methoxy groups -OCH3 is 1. The summed E-state index contributed by atoms with van der Waals surface area (Å²) < 4.78 is 58.4. The van der Waals surface area contributed by atoms with E-state index in [0.717, 1.165) is 5.39 Å². The Morgan fingerprint density at radius 3 is 2.54 bits per heavy atom. The van der Waals surface area contributed by atoms with E-state index >= 15 is 4.79 Å². The molecule has 7 rings (SSSR count). The number of carbonyl (C=O) groups excluding carboxylic acids is 3. The summed E-state index contributed by atoms with van der Waals surface area (Å²) in [7, 11) is -2.88. The van der Waals surface area contributed by atoms with Crippen LogP contribution in [-0.4, -0.2) is 120 Å². The van der Waals surface area contributed by atoms with Gasteiger partial charge in [0.1, 0.15) is 40.9 Å². The van der Waals surface area contributed by atoms with Crippen LogP contribution < -0.4 is 19.5 Å². The number of amides is 4. The van der Waals surface area contributed by atoms with Gasteiger partial charge >= 0.3 is 6.09 Å². The van der Waals surface area contributed by atoms with E-state index in [1.54, 1.807) is 13.0 Å². The van der Waals surface area contributed by atoms with Crippen molar-refractivity contribution in [2.75, 3.05) is 33.5 Å². The molecule has 4 heterocycles. The molecule has 5 aliphatic rings. The molecular weight excluding hydrogens is 762 g/mol. The maximum atomic E-state index is 15.2. The van der Waals surface area contributed by atoms with Crippen LogP contribution in [0.5, 0.6) is 11.6 Å². The molecule has 1 aromatic carbocycles. The summed E-state index contributed by atoms with van der Waals surface area (Å²) in [5, 5.41) is 15.0. The van der Waals surface area contributed by atoms with E-state index in [-0.39, 0.29) is 50.6 Å². The molecule has 0 bridgehead atoms. The highest BCUT2D eigenvalue weighted by molar-refractivity contribution is 7.91. The van der Waals surface area contributed by atoms with Gasteiger partial charge in [-0.1, -0.05) is 44.2 Å². The Balaban J connectivity index is 1.27. The number of allylic oxidation sites excluding steroid dienone is 1. The molecule has 15 nitrogen and oxygen atoms in total. The summed E-state index contributed by atoms with van der Waals surface area (Å²) in [4.78, 5) is 64.1. The number of sulfonamides is 1. The maximum Gasteiger partial charge on any atom is 0.408 e. The summed E-state index contributed by atoms with van der Waals surface area (Å²) >= 11 is 0. The van der Waals surface area contributed by atoms with Crippen LogP contribution in [-0.2, 0) is 29.1 Å². The Kier molecular flexibility index (Phi) is 11.0. The molecular formula is C40H52FN5O10S. The van der Waals surface area contributed by atoms with E-state index in [4.69, 9.17) is 14.2 Å². The fraction of sp³-hybridized carbons (Fsp3) is 0.625. The van der Waals surface area contributed by atoms with Crippen molar-refractivity contribution in [3.8, 4) is 11.6 Å². The zero-order valence-electron chi connectivity index (χ0n) is 32.7. The summed E-state index contributed by atoms with van der Waals surface area (Å²) in [6, 6.07) is 4.86. The minimum atomic E-state index is -4.41. The van der Waals surface area contributed by atoms with Crippen molar-refractivity contribution in [1.29, 1.82) is 0 Å². The Labute approximate surface area is 331 Å². The molecule has 57 heavy (non-hydrogen) atoms. The first-order valence-corrected chi connectivity index (χ1v) is 21.2. The Bertz CT molecular complexity index is 2060. The molecule has 1 unspecified atom stereocenters. The standard InChI is InChI=1S/C40H52FN5O10S/c1-24-9-5-6-10-26-19-40(26,36(49)44-57(52,53)39(22-41)13-14-39)43-33(47)30-18-27(56-34-29-12-8-7-11-28(29)31(54-4)20-42-34)21-45(30)35(48)32(25(2)17-24)46(37(50)51)38(3)15-16-55-23-38/h6-8,10-12,20,24-27,30,32H,5,9,13-19,21-23H2,1-4H3,(H,43,47)(H,44,49)(H,50,51)/t24-,25-,26-,27-,30+,32+,38?,40-/m1/s1.